The van der Waals surface area contributed by atoms with Crippen molar-refractivity contribution in [2.45, 2.75) is 38.8 Å². The molecule has 0 atom stereocenters. The smallest absolute Gasteiger partial charge is 0.298 e. The number of hydrogen-bond donors (Lipinski definition) is 0. The highest BCUT2D eigenvalue weighted by atomic mass is 19.4. The highest BCUT2D eigenvalue weighted by Gasteiger charge is 2.31. The fraction of sp³-hybridized carbons (Fsp3) is 0.300. The Labute approximate surface area is 148 Å². The number of imidazole rings is 1. The van der Waals surface area contributed by atoms with E-state index in [1.165, 1.54) is 0 Å². The summed E-state index contributed by atoms with van der Waals surface area (Å²) in [5, 5.41) is 0.766. The van der Waals surface area contributed by atoms with Crippen LogP contribution in [0.15, 0.2) is 42.6 Å². The molecule has 0 fully saturated rings. The monoisotopic (exact) mass is 357 g/mol. The van der Waals surface area contributed by atoms with Crippen LogP contribution >= 0.6 is 0 Å². The summed E-state index contributed by atoms with van der Waals surface area (Å²) in [6.07, 6.45) is -3.70. The van der Waals surface area contributed by atoms with Gasteiger partial charge < -0.3 is 0 Å². The second-order valence-electron chi connectivity index (χ2n) is 7.57. The van der Waals surface area contributed by atoms with Crippen molar-refractivity contribution in [3.8, 4) is 0 Å². The van der Waals surface area contributed by atoms with Crippen molar-refractivity contribution in [3.05, 3.63) is 53.9 Å². The molecule has 0 N–H and O–H groups in total. The van der Waals surface area contributed by atoms with Gasteiger partial charge in [0, 0.05) is 11.6 Å². The second-order valence-corrected chi connectivity index (χ2v) is 7.57. The van der Waals surface area contributed by atoms with Crippen LogP contribution < -0.4 is 0 Å². The van der Waals surface area contributed by atoms with Crippen molar-refractivity contribution in [1.82, 2.24) is 14.4 Å². The number of aromatic nitrogens is 3. The summed E-state index contributed by atoms with van der Waals surface area (Å²) in [7, 11) is 0. The molecular formula is C20H18F3N3. The van der Waals surface area contributed by atoms with Crippen LogP contribution in [0.4, 0.5) is 13.2 Å². The molecule has 0 amide bonds. The lowest BCUT2D eigenvalue weighted by Gasteiger charge is -2.19. The van der Waals surface area contributed by atoms with Gasteiger partial charge in [0.05, 0.1) is 23.1 Å². The van der Waals surface area contributed by atoms with Crippen molar-refractivity contribution < 1.29 is 13.2 Å². The maximum atomic E-state index is 13.2. The molecule has 0 aliphatic heterocycles. The number of fused-ring (bicyclic) bond motifs is 5. The summed E-state index contributed by atoms with van der Waals surface area (Å²) in [6, 6.07) is 11.2. The van der Waals surface area contributed by atoms with Crippen molar-refractivity contribution in [3.63, 3.8) is 0 Å². The van der Waals surface area contributed by atoms with Gasteiger partial charge in [-0.3, -0.25) is 9.38 Å². The quantitative estimate of drug-likeness (QED) is 0.454. The average molecular weight is 357 g/mol. The van der Waals surface area contributed by atoms with Crippen molar-refractivity contribution in [1.29, 1.82) is 0 Å². The summed E-state index contributed by atoms with van der Waals surface area (Å²) in [6.45, 7) is 6.19. The van der Waals surface area contributed by atoms with Crippen molar-refractivity contribution in [2.24, 2.45) is 0 Å². The first-order valence-corrected chi connectivity index (χ1v) is 8.40. The average Bonchev–Trinajstić information content (AvgIpc) is 2.92. The first-order chi connectivity index (χ1) is 12.1. The molecule has 0 saturated heterocycles. The molecule has 0 bridgehead atoms. The molecule has 0 saturated carbocycles. The number of benzene rings is 1. The highest BCUT2D eigenvalue weighted by Crippen LogP contribution is 2.33. The van der Waals surface area contributed by atoms with Crippen molar-refractivity contribution >= 4 is 27.6 Å². The largest absolute Gasteiger partial charge is 0.394 e. The maximum Gasteiger partial charge on any atom is 0.394 e. The molecular weight excluding hydrogens is 339 g/mol. The first kappa shape index (κ1) is 16.8. The predicted molar refractivity (Wildman–Crippen MR) is 96.5 cm³/mol. The van der Waals surface area contributed by atoms with Gasteiger partial charge in [-0.1, -0.05) is 39.0 Å². The van der Waals surface area contributed by atoms with E-state index in [0.29, 0.717) is 22.2 Å². The second kappa shape index (κ2) is 5.43. The van der Waals surface area contributed by atoms with Crippen LogP contribution in [0.2, 0.25) is 0 Å². The lowest BCUT2D eigenvalue weighted by atomic mass is 9.86. The van der Waals surface area contributed by atoms with Crippen LogP contribution in [0.25, 0.3) is 27.6 Å². The minimum atomic E-state index is -4.34. The third-order valence-electron chi connectivity index (χ3n) is 4.55. The first-order valence-electron chi connectivity index (χ1n) is 8.40. The molecule has 3 nitrogen and oxygen atoms in total. The van der Waals surface area contributed by atoms with E-state index in [1.807, 2.05) is 24.3 Å². The molecule has 4 aromatic rings. The van der Waals surface area contributed by atoms with Gasteiger partial charge in [0.2, 0.25) is 0 Å². The Kier molecular flexibility index (Phi) is 3.51. The Morgan fingerprint density at radius 2 is 1.77 bits per heavy atom. The zero-order valence-corrected chi connectivity index (χ0v) is 14.7. The molecule has 4 rings (SSSR count). The molecule has 6 heteroatoms. The number of halogens is 3. The van der Waals surface area contributed by atoms with Gasteiger partial charge in [0.25, 0.3) is 0 Å². The van der Waals surface area contributed by atoms with Crippen LogP contribution in [-0.4, -0.2) is 20.5 Å². The number of nitrogens with zero attached hydrogens (tertiary/aromatic N) is 3. The van der Waals surface area contributed by atoms with Gasteiger partial charge in [0.1, 0.15) is 11.2 Å². The van der Waals surface area contributed by atoms with Gasteiger partial charge in [-0.2, -0.15) is 13.2 Å². The Balaban J connectivity index is 2.12. The molecule has 134 valence electrons. The summed E-state index contributed by atoms with van der Waals surface area (Å²) in [5.41, 5.74) is 3.05. The van der Waals surface area contributed by atoms with E-state index in [2.05, 4.69) is 30.7 Å². The summed E-state index contributed by atoms with van der Waals surface area (Å²) in [4.78, 5) is 8.99. The molecule has 0 spiro atoms. The zero-order chi connectivity index (χ0) is 18.7. The molecule has 0 unspecified atom stereocenters. The van der Waals surface area contributed by atoms with E-state index >= 15 is 0 Å². The summed E-state index contributed by atoms with van der Waals surface area (Å²) in [5.74, 6) is 0. The molecule has 3 heterocycles. The maximum absolute atomic E-state index is 13.2. The topological polar surface area (TPSA) is 30.2 Å². The minimum Gasteiger partial charge on any atom is -0.298 e. The molecule has 1 aromatic carbocycles. The predicted octanol–water partition coefficient (Wildman–Crippen LogP) is 5.44. The van der Waals surface area contributed by atoms with Crippen LogP contribution in [0.1, 0.15) is 32.0 Å². The van der Waals surface area contributed by atoms with Gasteiger partial charge in [-0.15, -0.1) is 0 Å². The lowest BCUT2D eigenvalue weighted by Crippen LogP contribution is -2.14. The van der Waals surface area contributed by atoms with Gasteiger partial charge in [-0.05, 0) is 29.2 Å². The van der Waals surface area contributed by atoms with Crippen LogP contribution in [0.3, 0.4) is 0 Å². The normalized spacial score (nSPS) is 13.2. The Morgan fingerprint density at radius 3 is 2.46 bits per heavy atom. The van der Waals surface area contributed by atoms with Crippen LogP contribution in [0.5, 0.6) is 0 Å². The SMILES string of the molecule is CC(C)(C)c1ccc2c(c1)nc(CC(F)(F)F)c1c2nc2ccccn21. The van der Waals surface area contributed by atoms with Crippen LogP contribution in [-0.2, 0) is 11.8 Å². The van der Waals surface area contributed by atoms with Gasteiger partial charge >= 0.3 is 6.18 Å². The molecule has 3 aromatic heterocycles. The van der Waals surface area contributed by atoms with E-state index < -0.39 is 12.6 Å². The third-order valence-corrected chi connectivity index (χ3v) is 4.55. The number of rotatable bonds is 1. The number of hydrogen-bond acceptors (Lipinski definition) is 2. The van der Waals surface area contributed by atoms with E-state index in [-0.39, 0.29) is 11.1 Å². The molecule has 0 aliphatic carbocycles. The van der Waals surface area contributed by atoms with Gasteiger partial charge in [0.15, 0.2) is 0 Å². The highest BCUT2D eigenvalue weighted by molar-refractivity contribution is 6.04. The molecule has 0 radical (unpaired) electrons. The fourth-order valence-corrected chi connectivity index (χ4v) is 3.26. The van der Waals surface area contributed by atoms with Crippen molar-refractivity contribution in [2.75, 3.05) is 0 Å². The standard InChI is InChI=1S/C20H18F3N3/c1-19(2,3)12-7-8-13-14(10-12)24-15(11-20(21,22)23)18-17(13)25-16-6-4-5-9-26(16)18/h4-10H,11H2,1-3H3. The van der Waals surface area contributed by atoms with Crippen LogP contribution in [0, 0.1) is 0 Å². The summed E-state index contributed by atoms with van der Waals surface area (Å²) < 4.78 is 41.2. The Bertz CT molecular complexity index is 1130. The Hall–Kier alpha value is -2.63. The van der Waals surface area contributed by atoms with Gasteiger partial charge in [-0.25, -0.2) is 4.98 Å². The fourth-order valence-electron chi connectivity index (χ4n) is 3.26. The molecule has 0 aliphatic rings. The number of pyridine rings is 2. The number of alkyl halides is 3. The summed E-state index contributed by atoms with van der Waals surface area (Å²) >= 11 is 0. The minimum absolute atomic E-state index is 0.00441. The zero-order valence-electron chi connectivity index (χ0n) is 14.7. The van der Waals surface area contributed by atoms with E-state index in [4.69, 9.17) is 0 Å². The Morgan fingerprint density at radius 1 is 1.00 bits per heavy atom. The third kappa shape index (κ3) is 2.79. The molecule has 26 heavy (non-hydrogen) atoms. The van der Waals surface area contributed by atoms with E-state index in [1.54, 1.807) is 22.7 Å². The lowest BCUT2D eigenvalue weighted by molar-refractivity contribution is -0.127. The van der Waals surface area contributed by atoms with E-state index in [0.717, 1.165) is 10.9 Å². The van der Waals surface area contributed by atoms with E-state index in [9.17, 15) is 13.2 Å².